The first-order valence-corrected chi connectivity index (χ1v) is 16.0. The predicted octanol–water partition coefficient (Wildman–Crippen LogP) is 5.03. The Hall–Kier alpha value is -4.97. The second-order valence-electron chi connectivity index (χ2n) is 12.0. The zero-order chi connectivity index (χ0) is 33.3. The summed E-state index contributed by atoms with van der Waals surface area (Å²) in [4.78, 5) is 42.1. The van der Waals surface area contributed by atoms with E-state index in [0.717, 1.165) is 19.6 Å². The van der Waals surface area contributed by atoms with Crippen LogP contribution < -0.4 is 10.6 Å². The average molecular weight is 632 g/mol. The van der Waals surface area contributed by atoms with Gasteiger partial charge in [-0.05, 0) is 56.0 Å². The quantitative estimate of drug-likeness (QED) is 0.173. The van der Waals surface area contributed by atoms with Gasteiger partial charge in [-0.3, -0.25) is 9.69 Å². The summed E-state index contributed by atoms with van der Waals surface area (Å²) in [7, 11) is 0. The molecule has 0 saturated carbocycles. The standard InChI is InChI=1S/C39H41N3O5/c1-5-28-13-12-18-31(23-28)35-34(27(4)41-33(25-43)36(35)39(45)47-26(2)3)38(44)46-22-19-32-24-40-20-21-42(32)37(29-14-8-6-9-15-29)30-16-10-7-11-17-30/h1,6-18,23,25-26,32,35,37,40-41H,19-22,24H2,2-4H3. The van der Waals surface area contributed by atoms with E-state index < -0.39 is 24.0 Å². The topological polar surface area (TPSA) is 97.0 Å². The second kappa shape index (κ2) is 15.5. The summed E-state index contributed by atoms with van der Waals surface area (Å²) < 4.78 is 11.5. The number of esters is 2. The second-order valence-corrected chi connectivity index (χ2v) is 12.0. The van der Waals surface area contributed by atoms with Gasteiger partial charge < -0.3 is 20.1 Å². The molecule has 2 atom stereocenters. The minimum absolute atomic E-state index is 0.0386. The lowest BCUT2D eigenvalue weighted by Crippen LogP contribution is -2.53. The molecule has 0 amide bonds. The van der Waals surface area contributed by atoms with Gasteiger partial charge in [-0.1, -0.05) is 78.7 Å². The Morgan fingerprint density at radius 2 is 1.66 bits per heavy atom. The van der Waals surface area contributed by atoms with Crippen LogP contribution in [0.5, 0.6) is 0 Å². The van der Waals surface area contributed by atoms with Crippen molar-refractivity contribution in [3.8, 4) is 12.3 Å². The van der Waals surface area contributed by atoms with E-state index in [9.17, 15) is 14.4 Å². The summed E-state index contributed by atoms with van der Waals surface area (Å²) in [5.41, 5.74) is 4.29. The van der Waals surface area contributed by atoms with E-state index in [2.05, 4.69) is 70.0 Å². The van der Waals surface area contributed by atoms with Gasteiger partial charge >= 0.3 is 11.9 Å². The highest BCUT2D eigenvalue weighted by atomic mass is 16.5. The van der Waals surface area contributed by atoms with E-state index in [4.69, 9.17) is 15.9 Å². The molecule has 242 valence electrons. The third-order valence-electron chi connectivity index (χ3n) is 8.52. The zero-order valence-corrected chi connectivity index (χ0v) is 27.1. The molecule has 2 N–H and O–H groups in total. The van der Waals surface area contributed by atoms with Gasteiger partial charge in [0.2, 0.25) is 0 Å². The van der Waals surface area contributed by atoms with Crippen LogP contribution in [0.15, 0.2) is 107 Å². The van der Waals surface area contributed by atoms with Gasteiger partial charge in [0.1, 0.15) is 0 Å². The molecular formula is C39H41N3O5. The minimum atomic E-state index is -0.920. The molecule has 0 bridgehead atoms. The number of piperazine rings is 1. The summed E-state index contributed by atoms with van der Waals surface area (Å²) in [5, 5.41) is 6.47. The van der Waals surface area contributed by atoms with Crippen LogP contribution in [0, 0.1) is 12.3 Å². The van der Waals surface area contributed by atoms with Crippen LogP contribution in [0.2, 0.25) is 0 Å². The molecule has 1 fully saturated rings. The molecule has 0 aromatic heterocycles. The molecule has 2 heterocycles. The van der Waals surface area contributed by atoms with E-state index in [-0.39, 0.29) is 35.5 Å². The van der Waals surface area contributed by atoms with Crippen LogP contribution in [0.1, 0.15) is 61.4 Å². The predicted molar refractivity (Wildman–Crippen MR) is 181 cm³/mol. The molecule has 8 heteroatoms. The molecule has 2 aliphatic rings. The summed E-state index contributed by atoms with van der Waals surface area (Å²) in [6.45, 7) is 7.72. The maximum absolute atomic E-state index is 14.0. The largest absolute Gasteiger partial charge is 0.462 e. The lowest BCUT2D eigenvalue weighted by molar-refractivity contribution is -0.143. The van der Waals surface area contributed by atoms with Crippen LogP contribution in [-0.2, 0) is 23.9 Å². The number of carbonyl (C=O) groups excluding carboxylic acids is 3. The fraction of sp³-hybridized carbons (Fsp3) is 0.308. The summed E-state index contributed by atoms with van der Waals surface area (Å²) >= 11 is 0. The van der Waals surface area contributed by atoms with E-state index in [0.29, 0.717) is 29.5 Å². The van der Waals surface area contributed by atoms with Gasteiger partial charge in [0.05, 0.1) is 41.5 Å². The van der Waals surface area contributed by atoms with Crippen molar-refractivity contribution in [3.05, 3.63) is 130 Å². The fourth-order valence-corrected chi connectivity index (χ4v) is 6.46. The first-order chi connectivity index (χ1) is 22.8. The molecule has 0 radical (unpaired) electrons. The van der Waals surface area contributed by atoms with Crippen LogP contribution in [0.25, 0.3) is 0 Å². The lowest BCUT2D eigenvalue weighted by atomic mass is 9.80. The molecular weight excluding hydrogens is 590 g/mol. The number of dihydropyridines is 1. The molecule has 1 saturated heterocycles. The molecule has 2 unspecified atom stereocenters. The summed E-state index contributed by atoms with van der Waals surface area (Å²) in [6, 6.07) is 28.1. The molecule has 47 heavy (non-hydrogen) atoms. The van der Waals surface area contributed by atoms with Crippen LogP contribution in [0.4, 0.5) is 0 Å². The fourth-order valence-electron chi connectivity index (χ4n) is 6.46. The first-order valence-electron chi connectivity index (χ1n) is 16.0. The Labute approximate surface area is 276 Å². The SMILES string of the molecule is C#Cc1cccc(C2C(C(=O)OCCC3CNCCN3C(c3ccccc3)c3ccccc3)=C(C)NC(C=O)=C2C(=O)OC(C)C)c1. The number of aldehydes is 1. The highest BCUT2D eigenvalue weighted by Gasteiger charge is 2.40. The Bertz CT molecular complexity index is 1650. The number of benzene rings is 3. The van der Waals surface area contributed by atoms with Crippen molar-refractivity contribution in [2.75, 3.05) is 26.2 Å². The summed E-state index contributed by atoms with van der Waals surface area (Å²) in [6.07, 6.45) is 6.41. The molecule has 2 aliphatic heterocycles. The Kier molecular flexibility index (Phi) is 11.0. The maximum Gasteiger partial charge on any atom is 0.337 e. The minimum Gasteiger partial charge on any atom is -0.462 e. The number of rotatable bonds is 11. The number of hydrogen-bond donors (Lipinski definition) is 2. The number of nitrogens with zero attached hydrogens (tertiary/aromatic N) is 1. The number of hydrogen-bond acceptors (Lipinski definition) is 8. The van der Waals surface area contributed by atoms with E-state index in [1.54, 1.807) is 45.0 Å². The van der Waals surface area contributed by atoms with Crippen LogP contribution >= 0.6 is 0 Å². The zero-order valence-electron chi connectivity index (χ0n) is 27.1. The summed E-state index contributed by atoms with van der Waals surface area (Å²) in [5.74, 6) is 0.417. The monoisotopic (exact) mass is 631 g/mol. The van der Waals surface area contributed by atoms with Crippen molar-refractivity contribution < 1.29 is 23.9 Å². The number of ether oxygens (including phenoxy) is 2. The third-order valence-corrected chi connectivity index (χ3v) is 8.52. The van der Waals surface area contributed by atoms with Crippen molar-refractivity contribution in [2.24, 2.45) is 0 Å². The highest BCUT2D eigenvalue weighted by Crippen LogP contribution is 2.39. The molecule has 3 aromatic carbocycles. The number of allylic oxidation sites excluding steroid dienone is 2. The number of carbonyl (C=O) groups is 3. The molecule has 0 aliphatic carbocycles. The third kappa shape index (κ3) is 7.71. The molecule has 8 nitrogen and oxygen atoms in total. The normalized spacial score (nSPS) is 18.5. The van der Waals surface area contributed by atoms with Crippen molar-refractivity contribution in [1.82, 2.24) is 15.5 Å². The first kappa shape index (κ1) is 33.4. The Morgan fingerprint density at radius 3 is 2.28 bits per heavy atom. The maximum atomic E-state index is 14.0. The van der Waals surface area contributed by atoms with Crippen molar-refractivity contribution >= 4 is 18.2 Å². The van der Waals surface area contributed by atoms with Crippen LogP contribution in [0.3, 0.4) is 0 Å². The highest BCUT2D eigenvalue weighted by molar-refractivity contribution is 6.03. The van der Waals surface area contributed by atoms with E-state index >= 15 is 0 Å². The molecule has 3 aromatic rings. The van der Waals surface area contributed by atoms with Gasteiger partial charge in [-0.2, -0.15) is 0 Å². The van der Waals surface area contributed by atoms with Crippen molar-refractivity contribution in [3.63, 3.8) is 0 Å². The van der Waals surface area contributed by atoms with Gasteiger partial charge in [-0.15, -0.1) is 6.42 Å². The van der Waals surface area contributed by atoms with Gasteiger partial charge in [0.25, 0.3) is 0 Å². The molecule has 0 spiro atoms. The van der Waals surface area contributed by atoms with E-state index in [1.165, 1.54) is 11.1 Å². The smallest absolute Gasteiger partial charge is 0.337 e. The van der Waals surface area contributed by atoms with Gasteiger partial charge in [-0.25, -0.2) is 9.59 Å². The Morgan fingerprint density at radius 1 is 0.979 bits per heavy atom. The van der Waals surface area contributed by atoms with E-state index in [1.807, 2.05) is 12.1 Å². The Balaban J connectivity index is 1.41. The average Bonchev–Trinajstić information content (AvgIpc) is 3.09. The lowest BCUT2D eigenvalue weighted by Gasteiger charge is -2.42. The van der Waals surface area contributed by atoms with Crippen LogP contribution in [-0.4, -0.2) is 61.5 Å². The van der Waals surface area contributed by atoms with Crippen molar-refractivity contribution in [2.45, 2.75) is 51.3 Å². The van der Waals surface area contributed by atoms with Gasteiger partial charge in [0.15, 0.2) is 6.29 Å². The van der Waals surface area contributed by atoms with Crippen molar-refractivity contribution in [1.29, 1.82) is 0 Å². The molecule has 5 rings (SSSR count). The number of nitrogens with one attached hydrogen (secondary N) is 2. The van der Waals surface area contributed by atoms with Gasteiger partial charge in [0, 0.05) is 36.9 Å². The number of terminal acetylenes is 1.